The molecule has 1 aromatic rings. The van der Waals surface area contributed by atoms with Crippen LogP contribution in [0.15, 0.2) is 30.3 Å². The fourth-order valence-corrected chi connectivity index (χ4v) is 2.24. The molecule has 1 amide bonds. The Labute approximate surface area is 126 Å². The summed E-state index contributed by atoms with van der Waals surface area (Å²) in [5.74, 6) is 1.61. The van der Waals surface area contributed by atoms with Crippen LogP contribution in [0.5, 0.6) is 5.75 Å². The van der Waals surface area contributed by atoms with E-state index in [1.54, 1.807) is 0 Å². The molecule has 1 saturated heterocycles. The van der Waals surface area contributed by atoms with E-state index in [-0.39, 0.29) is 18.3 Å². The highest BCUT2D eigenvalue weighted by Gasteiger charge is 2.13. The predicted molar refractivity (Wildman–Crippen MR) is 82.4 cm³/mol. The molecule has 1 heterocycles. The number of amides is 1. The van der Waals surface area contributed by atoms with E-state index in [1.165, 1.54) is 6.42 Å². The molecule has 2 rings (SSSR count). The first-order chi connectivity index (χ1) is 9.34. The molecule has 0 bridgehead atoms. The summed E-state index contributed by atoms with van der Waals surface area (Å²) in [5.41, 5.74) is 0. The van der Waals surface area contributed by atoms with Gasteiger partial charge in [0.1, 0.15) is 5.75 Å². The van der Waals surface area contributed by atoms with Crippen molar-refractivity contribution in [2.24, 2.45) is 5.92 Å². The zero-order chi connectivity index (χ0) is 13.3. The lowest BCUT2D eigenvalue weighted by Gasteiger charge is -2.10. The van der Waals surface area contributed by atoms with Gasteiger partial charge in [-0.1, -0.05) is 18.2 Å². The molecule has 0 aliphatic carbocycles. The van der Waals surface area contributed by atoms with E-state index in [4.69, 9.17) is 4.74 Å². The minimum atomic E-state index is 0. The van der Waals surface area contributed by atoms with Crippen molar-refractivity contribution in [3.05, 3.63) is 30.3 Å². The number of hydrogen-bond acceptors (Lipinski definition) is 3. The highest BCUT2D eigenvalue weighted by atomic mass is 35.5. The Balaban J connectivity index is 0.00000200. The molecular formula is C15H23ClN2O2. The second kappa shape index (κ2) is 9.61. The average Bonchev–Trinajstić information content (AvgIpc) is 2.93. The number of para-hydroxylation sites is 1. The van der Waals surface area contributed by atoms with Gasteiger partial charge in [-0.05, 0) is 44.0 Å². The lowest BCUT2D eigenvalue weighted by atomic mass is 10.1. The molecule has 1 unspecified atom stereocenters. The maximum atomic E-state index is 11.6. The van der Waals surface area contributed by atoms with Crippen LogP contribution < -0.4 is 15.4 Å². The Kier molecular flexibility index (Phi) is 8.07. The van der Waals surface area contributed by atoms with Crippen LogP contribution >= 0.6 is 12.4 Å². The van der Waals surface area contributed by atoms with E-state index in [1.807, 2.05) is 30.3 Å². The molecule has 1 atom stereocenters. The van der Waals surface area contributed by atoms with Crippen molar-refractivity contribution < 1.29 is 9.53 Å². The maximum absolute atomic E-state index is 11.6. The second-order valence-corrected chi connectivity index (χ2v) is 4.91. The summed E-state index contributed by atoms with van der Waals surface area (Å²) >= 11 is 0. The molecule has 1 fully saturated rings. The molecule has 1 aliphatic heterocycles. The Hall–Kier alpha value is -1.26. The van der Waals surface area contributed by atoms with E-state index in [9.17, 15) is 4.79 Å². The smallest absolute Gasteiger partial charge is 0.223 e. The number of halogens is 1. The summed E-state index contributed by atoms with van der Waals surface area (Å²) in [6.07, 6.45) is 2.71. The first-order valence-corrected chi connectivity index (χ1v) is 7.00. The van der Waals surface area contributed by atoms with Gasteiger partial charge < -0.3 is 15.4 Å². The van der Waals surface area contributed by atoms with Gasteiger partial charge in [0.25, 0.3) is 0 Å². The highest BCUT2D eigenvalue weighted by Crippen LogP contribution is 2.11. The van der Waals surface area contributed by atoms with Gasteiger partial charge in [-0.2, -0.15) is 0 Å². The molecule has 0 radical (unpaired) electrons. The van der Waals surface area contributed by atoms with Crippen molar-refractivity contribution in [3.63, 3.8) is 0 Å². The van der Waals surface area contributed by atoms with Crippen molar-refractivity contribution in [2.75, 3.05) is 26.2 Å². The topological polar surface area (TPSA) is 50.4 Å². The van der Waals surface area contributed by atoms with Crippen LogP contribution in [0.3, 0.4) is 0 Å². The fourth-order valence-electron chi connectivity index (χ4n) is 2.24. The van der Waals surface area contributed by atoms with Crippen LogP contribution in [-0.2, 0) is 4.79 Å². The quantitative estimate of drug-likeness (QED) is 0.809. The summed E-state index contributed by atoms with van der Waals surface area (Å²) in [6, 6.07) is 9.57. The lowest BCUT2D eigenvalue weighted by molar-refractivity contribution is -0.121. The van der Waals surface area contributed by atoms with Gasteiger partial charge in [0, 0.05) is 6.54 Å². The third kappa shape index (κ3) is 6.26. The number of carbonyl (C=O) groups excluding carboxylic acids is 1. The van der Waals surface area contributed by atoms with Gasteiger partial charge in [-0.25, -0.2) is 0 Å². The van der Waals surface area contributed by atoms with Gasteiger partial charge in [-0.15, -0.1) is 12.4 Å². The molecule has 4 nitrogen and oxygen atoms in total. The van der Waals surface area contributed by atoms with Crippen molar-refractivity contribution in [3.8, 4) is 5.75 Å². The third-order valence-electron chi connectivity index (χ3n) is 3.38. The predicted octanol–water partition coefficient (Wildman–Crippen LogP) is 1.99. The average molecular weight is 299 g/mol. The SMILES string of the molecule is Cl.O=C(CCOc1ccccc1)NCCC1CCNC1. The number of hydrogen-bond donors (Lipinski definition) is 2. The molecule has 112 valence electrons. The molecule has 1 aromatic carbocycles. The van der Waals surface area contributed by atoms with Crippen LogP contribution in [0.2, 0.25) is 0 Å². The van der Waals surface area contributed by atoms with E-state index in [0.29, 0.717) is 13.0 Å². The largest absolute Gasteiger partial charge is 0.493 e. The third-order valence-corrected chi connectivity index (χ3v) is 3.38. The van der Waals surface area contributed by atoms with Gasteiger partial charge in [0.2, 0.25) is 5.91 Å². The lowest BCUT2D eigenvalue weighted by Crippen LogP contribution is -2.27. The number of rotatable bonds is 7. The Morgan fingerprint density at radius 3 is 2.85 bits per heavy atom. The van der Waals surface area contributed by atoms with E-state index < -0.39 is 0 Å². The summed E-state index contributed by atoms with van der Waals surface area (Å²) in [5, 5.41) is 6.28. The zero-order valence-electron chi connectivity index (χ0n) is 11.6. The Morgan fingerprint density at radius 2 is 2.15 bits per heavy atom. The minimum Gasteiger partial charge on any atom is -0.493 e. The van der Waals surface area contributed by atoms with E-state index in [0.717, 1.165) is 37.7 Å². The van der Waals surface area contributed by atoms with Gasteiger partial charge >= 0.3 is 0 Å². The molecule has 5 heteroatoms. The number of ether oxygens (including phenoxy) is 1. The molecule has 0 aromatic heterocycles. The van der Waals surface area contributed by atoms with Crippen molar-refractivity contribution in [1.29, 1.82) is 0 Å². The molecule has 20 heavy (non-hydrogen) atoms. The van der Waals surface area contributed by atoms with Crippen molar-refractivity contribution in [2.45, 2.75) is 19.3 Å². The first-order valence-electron chi connectivity index (χ1n) is 7.00. The molecule has 0 saturated carbocycles. The Bertz CT molecular complexity index is 381. The number of carbonyl (C=O) groups is 1. The standard InChI is InChI=1S/C15H22N2O2.ClH/c18-15(17-10-7-13-6-9-16-12-13)8-11-19-14-4-2-1-3-5-14;/h1-5,13,16H,6-12H2,(H,17,18);1H. The first kappa shape index (κ1) is 16.8. The van der Waals surface area contributed by atoms with Crippen LogP contribution in [-0.4, -0.2) is 32.1 Å². The fraction of sp³-hybridized carbons (Fsp3) is 0.533. The summed E-state index contributed by atoms with van der Waals surface area (Å²) in [6.45, 7) is 3.41. The van der Waals surface area contributed by atoms with Crippen LogP contribution in [0.1, 0.15) is 19.3 Å². The second-order valence-electron chi connectivity index (χ2n) is 4.91. The molecule has 2 N–H and O–H groups in total. The van der Waals surface area contributed by atoms with Gasteiger partial charge in [-0.3, -0.25) is 4.79 Å². The van der Waals surface area contributed by atoms with Crippen LogP contribution in [0.4, 0.5) is 0 Å². The molecule has 0 spiro atoms. The monoisotopic (exact) mass is 298 g/mol. The highest BCUT2D eigenvalue weighted by molar-refractivity contribution is 5.85. The molecule has 1 aliphatic rings. The zero-order valence-corrected chi connectivity index (χ0v) is 12.5. The normalized spacial score (nSPS) is 17.3. The van der Waals surface area contributed by atoms with E-state index >= 15 is 0 Å². The summed E-state index contributed by atoms with van der Waals surface area (Å²) in [4.78, 5) is 11.6. The number of benzene rings is 1. The van der Waals surface area contributed by atoms with Crippen LogP contribution in [0, 0.1) is 5.92 Å². The summed E-state index contributed by atoms with van der Waals surface area (Å²) < 4.78 is 5.49. The number of nitrogens with one attached hydrogen (secondary N) is 2. The summed E-state index contributed by atoms with van der Waals surface area (Å²) in [7, 11) is 0. The van der Waals surface area contributed by atoms with E-state index in [2.05, 4.69) is 10.6 Å². The van der Waals surface area contributed by atoms with Gasteiger partial charge in [0.05, 0.1) is 13.0 Å². The van der Waals surface area contributed by atoms with Crippen molar-refractivity contribution >= 4 is 18.3 Å². The minimum absolute atomic E-state index is 0. The van der Waals surface area contributed by atoms with Crippen molar-refractivity contribution in [1.82, 2.24) is 10.6 Å². The Morgan fingerprint density at radius 1 is 1.35 bits per heavy atom. The maximum Gasteiger partial charge on any atom is 0.223 e. The molecular weight excluding hydrogens is 276 g/mol. The van der Waals surface area contributed by atoms with Crippen LogP contribution in [0.25, 0.3) is 0 Å². The van der Waals surface area contributed by atoms with Gasteiger partial charge in [0.15, 0.2) is 0 Å².